The summed E-state index contributed by atoms with van der Waals surface area (Å²) in [7, 11) is -2.45. The van der Waals surface area contributed by atoms with Gasteiger partial charge in [0.2, 0.25) is 0 Å². The summed E-state index contributed by atoms with van der Waals surface area (Å²) in [5.41, 5.74) is 0. The van der Waals surface area contributed by atoms with Crippen molar-refractivity contribution < 1.29 is 13.3 Å². The van der Waals surface area contributed by atoms with Crippen molar-refractivity contribution in [3.05, 3.63) is 0 Å². The summed E-state index contributed by atoms with van der Waals surface area (Å²) in [5, 5.41) is 6.96. The molecule has 23 heavy (non-hydrogen) atoms. The number of hydrogen-bond acceptors (Lipinski definition) is 5. The van der Waals surface area contributed by atoms with E-state index in [1.165, 1.54) is 25.7 Å². The van der Waals surface area contributed by atoms with Crippen LogP contribution in [0.15, 0.2) is 0 Å². The van der Waals surface area contributed by atoms with Gasteiger partial charge in [-0.25, -0.2) is 0 Å². The normalized spacial score (nSPS) is 12.0. The van der Waals surface area contributed by atoms with E-state index in [2.05, 4.69) is 17.6 Å². The van der Waals surface area contributed by atoms with E-state index in [1.54, 1.807) is 0 Å². The van der Waals surface area contributed by atoms with Crippen LogP contribution in [0.5, 0.6) is 0 Å². The van der Waals surface area contributed by atoms with Crippen molar-refractivity contribution in [1.82, 2.24) is 10.6 Å². The minimum Gasteiger partial charge on any atom is -0.374 e. The SMILES string of the molecule is CCCCCCNCCNCCC[Si](OCC)(OCC)OCC. The molecule has 0 aromatic heterocycles. The molecule has 0 aliphatic rings. The number of nitrogens with one attached hydrogen (secondary N) is 2. The largest absolute Gasteiger partial charge is 0.500 e. The number of unbranched alkanes of at least 4 members (excludes halogenated alkanes) is 3. The van der Waals surface area contributed by atoms with Gasteiger partial charge < -0.3 is 23.9 Å². The average molecular weight is 349 g/mol. The average Bonchev–Trinajstić information content (AvgIpc) is 2.53. The number of hydrogen-bond donors (Lipinski definition) is 2. The second-order valence-corrected chi connectivity index (χ2v) is 8.38. The van der Waals surface area contributed by atoms with E-state index in [0.717, 1.165) is 38.6 Å². The second kappa shape index (κ2) is 16.9. The molecule has 0 atom stereocenters. The molecule has 0 aromatic carbocycles. The third-order valence-electron chi connectivity index (χ3n) is 3.61. The smallest absolute Gasteiger partial charge is 0.374 e. The first-order chi connectivity index (χ1) is 11.2. The lowest BCUT2D eigenvalue weighted by Gasteiger charge is -2.28. The Hall–Kier alpha value is 0.0169. The molecule has 0 aliphatic heterocycles. The van der Waals surface area contributed by atoms with Crippen molar-refractivity contribution in [2.24, 2.45) is 0 Å². The van der Waals surface area contributed by atoms with Crippen LogP contribution >= 0.6 is 0 Å². The molecule has 0 unspecified atom stereocenters. The zero-order valence-corrected chi connectivity index (χ0v) is 16.9. The summed E-state index contributed by atoms with van der Waals surface area (Å²) >= 11 is 0. The van der Waals surface area contributed by atoms with E-state index in [4.69, 9.17) is 13.3 Å². The molecule has 0 saturated carbocycles. The van der Waals surface area contributed by atoms with E-state index < -0.39 is 8.80 Å². The van der Waals surface area contributed by atoms with Crippen LogP contribution in [-0.2, 0) is 13.3 Å². The summed E-state index contributed by atoms with van der Waals surface area (Å²) in [6.45, 7) is 14.4. The molecule has 0 saturated heterocycles. The zero-order valence-electron chi connectivity index (χ0n) is 15.9. The highest BCUT2D eigenvalue weighted by molar-refractivity contribution is 6.60. The predicted octanol–water partition coefficient (Wildman–Crippen LogP) is 3.18. The summed E-state index contributed by atoms with van der Waals surface area (Å²) in [5.74, 6) is 0. The van der Waals surface area contributed by atoms with Crippen LogP contribution < -0.4 is 10.6 Å². The maximum Gasteiger partial charge on any atom is 0.500 e. The maximum absolute atomic E-state index is 5.86. The molecule has 0 amide bonds. The van der Waals surface area contributed by atoms with Gasteiger partial charge in [-0.15, -0.1) is 0 Å². The third-order valence-corrected chi connectivity index (χ3v) is 6.77. The molecule has 2 N–H and O–H groups in total. The minimum absolute atomic E-state index is 0.654. The molecule has 0 rings (SSSR count). The fourth-order valence-electron chi connectivity index (χ4n) is 2.53. The number of rotatable bonds is 18. The fourth-order valence-corrected chi connectivity index (χ4v) is 5.15. The van der Waals surface area contributed by atoms with Gasteiger partial charge in [-0.1, -0.05) is 26.2 Å². The van der Waals surface area contributed by atoms with Crippen molar-refractivity contribution in [3.63, 3.8) is 0 Å². The topological polar surface area (TPSA) is 51.8 Å². The lowest BCUT2D eigenvalue weighted by Crippen LogP contribution is -2.46. The summed E-state index contributed by atoms with van der Waals surface area (Å²) < 4.78 is 17.6. The van der Waals surface area contributed by atoms with E-state index in [1.807, 2.05) is 20.8 Å². The van der Waals surface area contributed by atoms with Crippen LogP contribution in [0.2, 0.25) is 6.04 Å². The van der Waals surface area contributed by atoms with Gasteiger partial charge in [-0.2, -0.15) is 0 Å². The molecule has 0 heterocycles. The predicted molar refractivity (Wildman–Crippen MR) is 99.9 cm³/mol. The van der Waals surface area contributed by atoms with Crippen molar-refractivity contribution in [2.45, 2.75) is 65.8 Å². The van der Waals surface area contributed by atoms with Gasteiger partial charge in [-0.05, 0) is 46.7 Å². The van der Waals surface area contributed by atoms with Crippen molar-refractivity contribution in [1.29, 1.82) is 0 Å². The van der Waals surface area contributed by atoms with E-state index >= 15 is 0 Å². The van der Waals surface area contributed by atoms with Gasteiger partial charge in [-0.3, -0.25) is 0 Å². The van der Waals surface area contributed by atoms with Gasteiger partial charge in [0.15, 0.2) is 0 Å². The Morgan fingerprint density at radius 1 is 0.609 bits per heavy atom. The van der Waals surface area contributed by atoms with Crippen LogP contribution in [0.1, 0.15) is 59.8 Å². The first-order valence-electron chi connectivity index (χ1n) is 9.57. The van der Waals surface area contributed by atoms with Crippen LogP contribution in [0.4, 0.5) is 0 Å². The van der Waals surface area contributed by atoms with Gasteiger partial charge in [0.05, 0.1) is 0 Å². The van der Waals surface area contributed by atoms with E-state index in [9.17, 15) is 0 Å². The van der Waals surface area contributed by atoms with Crippen LogP contribution in [0.3, 0.4) is 0 Å². The second-order valence-electron chi connectivity index (χ2n) is 5.65. The minimum atomic E-state index is -2.45. The molecule has 5 nitrogen and oxygen atoms in total. The third kappa shape index (κ3) is 13.0. The summed E-state index contributed by atoms with van der Waals surface area (Å²) in [4.78, 5) is 0. The highest BCUT2D eigenvalue weighted by Crippen LogP contribution is 2.17. The quantitative estimate of drug-likeness (QED) is 0.294. The molecule has 0 aliphatic carbocycles. The summed E-state index contributed by atoms with van der Waals surface area (Å²) in [6, 6.07) is 0.889. The Morgan fingerprint density at radius 2 is 1.13 bits per heavy atom. The summed E-state index contributed by atoms with van der Waals surface area (Å²) in [6.07, 6.45) is 6.32. The molecule has 0 fully saturated rings. The molecular formula is C17H40N2O3Si. The Morgan fingerprint density at radius 3 is 1.61 bits per heavy atom. The zero-order chi connectivity index (χ0) is 17.2. The van der Waals surface area contributed by atoms with Crippen LogP contribution in [-0.4, -0.2) is 54.8 Å². The van der Waals surface area contributed by atoms with Gasteiger partial charge in [0.1, 0.15) is 0 Å². The van der Waals surface area contributed by atoms with Crippen molar-refractivity contribution >= 4 is 8.80 Å². The lowest BCUT2D eigenvalue weighted by atomic mass is 10.2. The highest BCUT2D eigenvalue weighted by atomic mass is 28.4. The standard InChI is InChI=1S/C17H40N2O3Si/c1-5-9-10-11-13-18-15-16-19-14-12-17-23(20-6-2,21-7-3)22-8-4/h18-19H,5-17H2,1-4H3. The highest BCUT2D eigenvalue weighted by Gasteiger charge is 2.39. The first-order valence-corrected chi connectivity index (χ1v) is 11.5. The van der Waals surface area contributed by atoms with Crippen molar-refractivity contribution in [2.75, 3.05) is 46.0 Å². The molecule has 0 radical (unpaired) electrons. The molecule has 6 heteroatoms. The Kier molecular flexibility index (Phi) is 16.9. The molecule has 140 valence electrons. The molecule has 0 bridgehead atoms. The Labute approximate surface area is 145 Å². The molecular weight excluding hydrogens is 308 g/mol. The lowest BCUT2D eigenvalue weighted by molar-refractivity contribution is 0.0708. The van der Waals surface area contributed by atoms with Gasteiger partial charge in [0.25, 0.3) is 0 Å². The molecule has 0 spiro atoms. The van der Waals surface area contributed by atoms with E-state index in [-0.39, 0.29) is 0 Å². The van der Waals surface area contributed by atoms with Crippen molar-refractivity contribution in [3.8, 4) is 0 Å². The molecule has 0 aromatic rings. The van der Waals surface area contributed by atoms with E-state index in [0.29, 0.717) is 19.8 Å². The first kappa shape index (κ1) is 23.0. The Bertz CT molecular complexity index is 229. The van der Waals surface area contributed by atoms with Gasteiger partial charge >= 0.3 is 8.80 Å². The fraction of sp³-hybridized carbons (Fsp3) is 1.00. The Balaban J connectivity index is 3.65. The van der Waals surface area contributed by atoms with Gasteiger partial charge in [0, 0.05) is 39.0 Å². The van der Waals surface area contributed by atoms with Crippen LogP contribution in [0, 0.1) is 0 Å². The monoisotopic (exact) mass is 348 g/mol. The maximum atomic E-state index is 5.86. The van der Waals surface area contributed by atoms with Crippen LogP contribution in [0.25, 0.3) is 0 Å².